The molecule has 0 heterocycles. The molecule has 0 aliphatic rings. The molecule has 6 nitrogen and oxygen atoms in total. The van der Waals surface area contributed by atoms with Crippen molar-refractivity contribution in [1.82, 2.24) is 5.32 Å². The summed E-state index contributed by atoms with van der Waals surface area (Å²) in [6, 6.07) is 3.92. The molecule has 1 amide bonds. The van der Waals surface area contributed by atoms with Gasteiger partial charge in [-0.05, 0) is 12.5 Å². The van der Waals surface area contributed by atoms with Gasteiger partial charge in [0.2, 0.25) is 0 Å². The van der Waals surface area contributed by atoms with Gasteiger partial charge in [-0.1, -0.05) is 38.8 Å². The molecule has 0 radical (unpaired) electrons. The van der Waals surface area contributed by atoms with Crippen LogP contribution in [-0.2, 0) is 0 Å². The predicted molar refractivity (Wildman–Crippen MR) is 87.7 cm³/mol. The highest BCUT2D eigenvalue weighted by molar-refractivity contribution is 9.09. The second-order valence-electron chi connectivity index (χ2n) is 4.50. The summed E-state index contributed by atoms with van der Waals surface area (Å²) < 4.78 is 5.08. The Kier molecular flexibility index (Phi) is 6.60. The minimum absolute atomic E-state index is 0.119. The summed E-state index contributed by atoms with van der Waals surface area (Å²) in [4.78, 5) is 22.6. The van der Waals surface area contributed by atoms with E-state index in [2.05, 4.69) is 37.2 Å². The zero-order chi connectivity index (χ0) is 16.0. The Morgan fingerprint density at radius 1 is 1.43 bits per heavy atom. The molecule has 0 bridgehead atoms. The van der Waals surface area contributed by atoms with Crippen molar-refractivity contribution in [3.8, 4) is 5.75 Å². The van der Waals surface area contributed by atoms with Crippen LogP contribution in [0.25, 0.3) is 0 Å². The first-order valence-corrected chi connectivity index (χ1v) is 8.44. The van der Waals surface area contributed by atoms with Crippen molar-refractivity contribution in [3.63, 3.8) is 0 Å². The van der Waals surface area contributed by atoms with Gasteiger partial charge in [0.25, 0.3) is 11.6 Å². The lowest BCUT2D eigenvalue weighted by Crippen LogP contribution is -2.51. The second kappa shape index (κ2) is 7.74. The Balaban J connectivity index is 3.10. The zero-order valence-corrected chi connectivity index (χ0v) is 14.9. The third-order valence-corrected chi connectivity index (χ3v) is 5.35. The summed E-state index contributed by atoms with van der Waals surface area (Å²) in [6.07, 6.45) is 0.727. The minimum atomic E-state index is -0.530. The first kappa shape index (κ1) is 17.9. The van der Waals surface area contributed by atoms with Crippen molar-refractivity contribution in [2.75, 3.05) is 17.8 Å². The van der Waals surface area contributed by atoms with E-state index in [9.17, 15) is 14.9 Å². The van der Waals surface area contributed by atoms with E-state index in [1.165, 1.54) is 25.3 Å². The molecule has 21 heavy (non-hydrogen) atoms. The molecular formula is C13H16Br2N2O4. The van der Waals surface area contributed by atoms with Gasteiger partial charge < -0.3 is 10.1 Å². The van der Waals surface area contributed by atoms with Gasteiger partial charge in [-0.15, -0.1) is 0 Å². The lowest BCUT2D eigenvalue weighted by atomic mass is 10.0. The number of methoxy groups -OCH3 is 1. The third kappa shape index (κ3) is 4.16. The SMILES string of the molecule is CCC(CBr)(CBr)NC(=O)c1ccc([N+](=O)[O-])cc1OC. The maximum atomic E-state index is 12.4. The van der Waals surface area contributed by atoms with Gasteiger partial charge >= 0.3 is 0 Å². The van der Waals surface area contributed by atoms with Gasteiger partial charge in [0.1, 0.15) is 5.75 Å². The number of ether oxygens (including phenoxy) is 1. The van der Waals surface area contributed by atoms with Crippen LogP contribution >= 0.6 is 31.9 Å². The molecule has 1 rings (SSSR count). The van der Waals surface area contributed by atoms with Crippen molar-refractivity contribution in [2.45, 2.75) is 18.9 Å². The molecular weight excluding hydrogens is 408 g/mol. The summed E-state index contributed by atoms with van der Waals surface area (Å²) in [5.74, 6) is -0.154. The van der Waals surface area contributed by atoms with Crippen molar-refractivity contribution >= 4 is 43.5 Å². The van der Waals surface area contributed by atoms with Crippen molar-refractivity contribution < 1.29 is 14.5 Å². The molecule has 0 saturated heterocycles. The van der Waals surface area contributed by atoms with E-state index in [0.717, 1.165) is 6.42 Å². The average molecular weight is 424 g/mol. The molecule has 116 valence electrons. The molecule has 0 aliphatic carbocycles. The number of carbonyl (C=O) groups excluding carboxylic acids is 1. The number of halogens is 2. The highest BCUT2D eigenvalue weighted by Gasteiger charge is 2.29. The van der Waals surface area contributed by atoms with Crippen molar-refractivity contribution in [3.05, 3.63) is 33.9 Å². The standard InChI is InChI=1S/C13H16Br2N2O4/c1-3-13(7-14,8-15)16-12(18)10-5-4-9(17(19)20)6-11(10)21-2/h4-6H,3,7-8H2,1-2H3,(H,16,18). The first-order valence-electron chi connectivity index (χ1n) is 6.20. The number of benzene rings is 1. The predicted octanol–water partition coefficient (Wildman–Crippen LogP) is 3.27. The van der Waals surface area contributed by atoms with Crippen LogP contribution in [0.2, 0.25) is 0 Å². The Bertz CT molecular complexity index is 525. The van der Waals surface area contributed by atoms with E-state index in [0.29, 0.717) is 10.7 Å². The first-order chi connectivity index (χ1) is 9.92. The van der Waals surface area contributed by atoms with E-state index < -0.39 is 10.5 Å². The Morgan fingerprint density at radius 3 is 2.48 bits per heavy atom. The van der Waals surface area contributed by atoms with E-state index in [-0.39, 0.29) is 22.9 Å². The fraction of sp³-hybridized carbons (Fsp3) is 0.462. The molecule has 1 aromatic carbocycles. The van der Waals surface area contributed by atoms with Crippen LogP contribution in [0.3, 0.4) is 0 Å². The fourth-order valence-electron chi connectivity index (χ4n) is 1.67. The molecule has 0 aliphatic heterocycles. The summed E-state index contributed by atoms with van der Waals surface area (Å²) in [5.41, 5.74) is -0.280. The Hall–Kier alpha value is -1.15. The van der Waals surface area contributed by atoms with Crippen LogP contribution in [0, 0.1) is 10.1 Å². The van der Waals surface area contributed by atoms with E-state index in [1.807, 2.05) is 6.92 Å². The van der Waals surface area contributed by atoms with Gasteiger partial charge in [-0.2, -0.15) is 0 Å². The number of amides is 1. The largest absolute Gasteiger partial charge is 0.496 e. The third-order valence-electron chi connectivity index (χ3n) is 3.21. The highest BCUT2D eigenvalue weighted by Crippen LogP contribution is 2.26. The molecule has 1 N–H and O–H groups in total. The van der Waals surface area contributed by atoms with Gasteiger partial charge in [-0.25, -0.2) is 0 Å². The quantitative estimate of drug-likeness (QED) is 0.414. The number of nitro benzene ring substituents is 1. The molecule has 0 atom stereocenters. The molecule has 1 aromatic rings. The maximum Gasteiger partial charge on any atom is 0.273 e. The normalized spacial score (nSPS) is 11.0. The number of nitro groups is 1. The summed E-state index contributed by atoms with van der Waals surface area (Å²) in [5, 5.41) is 14.9. The zero-order valence-electron chi connectivity index (χ0n) is 11.7. The van der Waals surface area contributed by atoms with E-state index in [1.54, 1.807) is 0 Å². The number of nitrogens with zero attached hydrogens (tertiary/aromatic N) is 1. The van der Waals surface area contributed by atoms with Crippen LogP contribution in [0.1, 0.15) is 23.7 Å². The second-order valence-corrected chi connectivity index (χ2v) is 5.62. The summed E-state index contributed by atoms with van der Waals surface area (Å²) in [6.45, 7) is 1.97. The summed E-state index contributed by atoms with van der Waals surface area (Å²) in [7, 11) is 1.37. The number of hydrogen-bond donors (Lipinski definition) is 1. The number of rotatable bonds is 7. The number of non-ortho nitro benzene ring substituents is 1. The van der Waals surface area contributed by atoms with Crippen LogP contribution < -0.4 is 10.1 Å². The van der Waals surface area contributed by atoms with Gasteiger partial charge in [0.05, 0.1) is 29.2 Å². The summed E-state index contributed by atoms with van der Waals surface area (Å²) >= 11 is 6.79. The molecule has 0 unspecified atom stereocenters. The van der Waals surface area contributed by atoms with Crippen LogP contribution in [-0.4, -0.2) is 34.1 Å². The van der Waals surface area contributed by atoms with E-state index >= 15 is 0 Å². The number of alkyl halides is 2. The number of carbonyl (C=O) groups is 1. The average Bonchev–Trinajstić information content (AvgIpc) is 2.51. The molecule has 8 heteroatoms. The van der Waals surface area contributed by atoms with Gasteiger partial charge in [0.15, 0.2) is 0 Å². The van der Waals surface area contributed by atoms with Gasteiger partial charge in [-0.3, -0.25) is 14.9 Å². The number of nitrogens with one attached hydrogen (secondary N) is 1. The fourth-order valence-corrected chi connectivity index (χ4v) is 3.67. The van der Waals surface area contributed by atoms with Crippen LogP contribution in [0.15, 0.2) is 18.2 Å². The van der Waals surface area contributed by atoms with Crippen LogP contribution in [0.4, 0.5) is 5.69 Å². The van der Waals surface area contributed by atoms with Crippen molar-refractivity contribution in [1.29, 1.82) is 0 Å². The topological polar surface area (TPSA) is 81.5 Å². The lowest BCUT2D eigenvalue weighted by molar-refractivity contribution is -0.384. The van der Waals surface area contributed by atoms with Gasteiger partial charge in [0, 0.05) is 16.7 Å². The van der Waals surface area contributed by atoms with E-state index in [4.69, 9.17) is 4.74 Å². The molecule has 0 aromatic heterocycles. The molecule has 0 fully saturated rings. The lowest BCUT2D eigenvalue weighted by Gasteiger charge is -2.30. The smallest absolute Gasteiger partial charge is 0.273 e. The number of hydrogen-bond acceptors (Lipinski definition) is 4. The minimum Gasteiger partial charge on any atom is -0.496 e. The molecule has 0 spiro atoms. The monoisotopic (exact) mass is 422 g/mol. The Labute approximate surface area is 139 Å². The van der Waals surface area contributed by atoms with Crippen molar-refractivity contribution in [2.24, 2.45) is 0 Å². The highest BCUT2D eigenvalue weighted by atomic mass is 79.9. The van der Waals surface area contributed by atoms with Crippen LogP contribution in [0.5, 0.6) is 5.75 Å². The Morgan fingerprint density at radius 2 is 2.05 bits per heavy atom. The maximum absolute atomic E-state index is 12.4. The molecule has 0 saturated carbocycles.